The molecule has 0 aliphatic carbocycles. The van der Waals surface area contributed by atoms with Crippen LogP contribution in [0.1, 0.15) is 32.9 Å². The maximum absolute atomic E-state index is 12.6. The normalized spacial score (nSPS) is 22.4. The number of hydrogen-bond donors (Lipinski definition) is 1. The molecule has 1 saturated heterocycles. The van der Waals surface area contributed by atoms with E-state index in [-0.39, 0.29) is 17.9 Å². The van der Waals surface area contributed by atoms with Gasteiger partial charge in [-0.2, -0.15) is 0 Å². The SMILES string of the molecule is CC1CC(=O)NC(C)(C)C(=O)N1Cc1ccc(Br)cn1. The maximum Gasteiger partial charge on any atom is 0.248 e. The second kappa shape index (κ2) is 5.52. The number of nitrogens with one attached hydrogen (secondary N) is 1. The Morgan fingerprint density at radius 1 is 1.45 bits per heavy atom. The molecule has 0 saturated carbocycles. The molecule has 20 heavy (non-hydrogen) atoms. The summed E-state index contributed by atoms with van der Waals surface area (Å²) in [6, 6.07) is 3.62. The molecule has 108 valence electrons. The largest absolute Gasteiger partial charge is 0.342 e. The first kappa shape index (κ1) is 15.0. The molecular formula is C14H18BrN3O2. The Morgan fingerprint density at radius 3 is 2.75 bits per heavy atom. The molecule has 0 spiro atoms. The van der Waals surface area contributed by atoms with E-state index in [2.05, 4.69) is 26.2 Å². The summed E-state index contributed by atoms with van der Waals surface area (Å²) in [7, 11) is 0. The molecule has 1 aliphatic heterocycles. The molecule has 2 amide bonds. The van der Waals surface area contributed by atoms with E-state index < -0.39 is 5.54 Å². The third-order valence-electron chi connectivity index (χ3n) is 3.38. The lowest BCUT2D eigenvalue weighted by molar-refractivity contribution is -0.139. The molecule has 1 fully saturated rings. The fourth-order valence-corrected chi connectivity index (χ4v) is 2.53. The van der Waals surface area contributed by atoms with Crippen molar-refractivity contribution < 1.29 is 9.59 Å². The molecule has 1 aliphatic rings. The van der Waals surface area contributed by atoms with Gasteiger partial charge < -0.3 is 10.2 Å². The van der Waals surface area contributed by atoms with Crippen LogP contribution in [0.2, 0.25) is 0 Å². The van der Waals surface area contributed by atoms with Gasteiger partial charge in [0.15, 0.2) is 0 Å². The van der Waals surface area contributed by atoms with E-state index in [0.717, 1.165) is 10.2 Å². The van der Waals surface area contributed by atoms with Crippen molar-refractivity contribution in [2.24, 2.45) is 0 Å². The summed E-state index contributed by atoms with van der Waals surface area (Å²) in [5.74, 6) is -0.178. The number of hydrogen-bond acceptors (Lipinski definition) is 3. The van der Waals surface area contributed by atoms with E-state index in [1.807, 2.05) is 19.1 Å². The lowest BCUT2D eigenvalue weighted by atomic mass is 10.0. The average molecular weight is 340 g/mol. The second-order valence-electron chi connectivity index (χ2n) is 5.63. The minimum Gasteiger partial charge on any atom is -0.342 e. The predicted octanol–water partition coefficient (Wildman–Crippen LogP) is 1.86. The molecule has 0 bridgehead atoms. The zero-order valence-corrected chi connectivity index (χ0v) is 13.4. The van der Waals surface area contributed by atoms with Gasteiger partial charge in [-0.25, -0.2) is 0 Å². The predicted molar refractivity (Wildman–Crippen MR) is 78.8 cm³/mol. The van der Waals surface area contributed by atoms with Crippen LogP contribution < -0.4 is 5.32 Å². The number of nitrogens with zero attached hydrogens (tertiary/aromatic N) is 2. The van der Waals surface area contributed by atoms with Crippen LogP contribution >= 0.6 is 15.9 Å². The van der Waals surface area contributed by atoms with Gasteiger partial charge in [0.2, 0.25) is 11.8 Å². The van der Waals surface area contributed by atoms with Crippen molar-refractivity contribution >= 4 is 27.7 Å². The van der Waals surface area contributed by atoms with Crippen molar-refractivity contribution in [2.75, 3.05) is 0 Å². The van der Waals surface area contributed by atoms with Crippen molar-refractivity contribution in [3.8, 4) is 0 Å². The molecule has 1 N–H and O–H groups in total. The topological polar surface area (TPSA) is 62.3 Å². The Hall–Kier alpha value is -1.43. The van der Waals surface area contributed by atoms with Crippen molar-refractivity contribution in [1.29, 1.82) is 0 Å². The van der Waals surface area contributed by atoms with Gasteiger partial charge in [-0.15, -0.1) is 0 Å². The van der Waals surface area contributed by atoms with Gasteiger partial charge in [-0.05, 0) is 48.8 Å². The van der Waals surface area contributed by atoms with Gasteiger partial charge in [0.1, 0.15) is 5.54 Å². The average Bonchev–Trinajstić information content (AvgIpc) is 2.41. The van der Waals surface area contributed by atoms with Crippen LogP contribution in [-0.2, 0) is 16.1 Å². The van der Waals surface area contributed by atoms with Crippen LogP contribution in [0, 0.1) is 0 Å². The van der Waals surface area contributed by atoms with Crippen LogP contribution in [0.5, 0.6) is 0 Å². The summed E-state index contributed by atoms with van der Waals surface area (Å²) in [5.41, 5.74) is -0.0736. The quantitative estimate of drug-likeness (QED) is 0.894. The van der Waals surface area contributed by atoms with E-state index in [9.17, 15) is 9.59 Å². The van der Waals surface area contributed by atoms with Crippen molar-refractivity contribution in [2.45, 2.75) is 45.3 Å². The maximum atomic E-state index is 12.6. The number of carbonyl (C=O) groups is 2. The fraction of sp³-hybridized carbons (Fsp3) is 0.500. The van der Waals surface area contributed by atoms with Crippen LogP contribution in [0.4, 0.5) is 0 Å². The first-order chi connectivity index (χ1) is 9.29. The van der Waals surface area contributed by atoms with E-state index in [1.165, 1.54) is 0 Å². The summed E-state index contributed by atoms with van der Waals surface area (Å²) in [4.78, 5) is 30.4. The molecule has 2 heterocycles. The lowest BCUT2D eigenvalue weighted by Crippen LogP contribution is -2.53. The Morgan fingerprint density at radius 2 is 2.15 bits per heavy atom. The van der Waals surface area contributed by atoms with Gasteiger partial charge in [-0.3, -0.25) is 14.6 Å². The van der Waals surface area contributed by atoms with Gasteiger partial charge in [0.05, 0.1) is 12.2 Å². The number of rotatable bonds is 2. The zero-order chi connectivity index (χ0) is 14.9. The summed E-state index contributed by atoms with van der Waals surface area (Å²) in [6.45, 7) is 5.75. The third-order valence-corrected chi connectivity index (χ3v) is 3.85. The fourth-order valence-electron chi connectivity index (χ4n) is 2.29. The smallest absolute Gasteiger partial charge is 0.248 e. The highest BCUT2D eigenvalue weighted by Gasteiger charge is 2.39. The third kappa shape index (κ3) is 3.17. The Bertz CT molecular complexity index is 528. The van der Waals surface area contributed by atoms with Crippen LogP contribution in [0.3, 0.4) is 0 Å². The first-order valence-electron chi connectivity index (χ1n) is 6.52. The number of pyridine rings is 1. The highest BCUT2D eigenvalue weighted by atomic mass is 79.9. The number of aromatic nitrogens is 1. The molecule has 0 radical (unpaired) electrons. The van der Waals surface area contributed by atoms with Gasteiger partial charge in [-0.1, -0.05) is 0 Å². The summed E-state index contributed by atoms with van der Waals surface area (Å²) in [5, 5.41) is 2.77. The molecule has 2 rings (SSSR count). The lowest BCUT2D eigenvalue weighted by Gasteiger charge is -2.31. The molecule has 1 aromatic rings. The highest BCUT2D eigenvalue weighted by Crippen LogP contribution is 2.20. The minimum absolute atomic E-state index is 0.0828. The van der Waals surface area contributed by atoms with Gasteiger partial charge >= 0.3 is 0 Å². The van der Waals surface area contributed by atoms with E-state index >= 15 is 0 Å². The Kier molecular flexibility index (Phi) is 4.13. The minimum atomic E-state index is -0.878. The molecular weight excluding hydrogens is 322 g/mol. The Labute approximate surface area is 126 Å². The standard InChI is InChI=1S/C14H18BrN3O2/c1-9-6-12(19)17-14(2,3)13(20)18(9)8-11-5-4-10(15)7-16-11/h4-5,7,9H,6,8H2,1-3H3,(H,17,19). The number of carbonyl (C=O) groups excluding carboxylic acids is 2. The molecule has 1 atom stereocenters. The van der Waals surface area contributed by atoms with E-state index in [0.29, 0.717) is 13.0 Å². The Balaban J connectivity index is 2.25. The molecule has 1 aromatic heterocycles. The second-order valence-corrected chi connectivity index (χ2v) is 6.54. The van der Waals surface area contributed by atoms with Gasteiger partial charge in [0.25, 0.3) is 0 Å². The summed E-state index contributed by atoms with van der Waals surface area (Å²) >= 11 is 3.34. The number of halogens is 1. The van der Waals surface area contributed by atoms with E-state index in [4.69, 9.17) is 0 Å². The summed E-state index contributed by atoms with van der Waals surface area (Å²) < 4.78 is 0.897. The van der Waals surface area contributed by atoms with Crippen LogP contribution in [0.25, 0.3) is 0 Å². The van der Waals surface area contributed by atoms with Crippen molar-refractivity contribution in [3.05, 3.63) is 28.5 Å². The van der Waals surface area contributed by atoms with E-state index in [1.54, 1.807) is 24.9 Å². The molecule has 6 heteroatoms. The molecule has 1 unspecified atom stereocenters. The highest BCUT2D eigenvalue weighted by molar-refractivity contribution is 9.10. The van der Waals surface area contributed by atoms with Crippen molar-refractivity contribution in [1.82, 2.24) is 15.2 Å². The number of amides is 2. The van der Waals surface area contributed by atoms with Gasteiger partial charge in [0, 0.05) is 23.1 Å². The van der Waals surface area contributed by atoms with Crippen molar-refractivity contribution in [3.63, 3.8) is 0 Å². The molecule has 0 aromatic carbocycles. The first-order valence-corrected chi connectivity index (χ1v) is 7.31. The monoisotopic (exact) mass is 339 g/mol. The summed E-state index contributed by atoms with van der Waals surface area (Å²) in [6.07, 6.45) is 2.02. The molecule has 5 nitrogen and oxygen atoms in total. The zero-order valence-electron chi connectivity index (χ0n) is 11.8. The van der Waals surface area contributed by atoms with Crippen LogP contribution in [0.15, 0.2) is 22.8 Å². The van der Waals surface area contributed by atoms with Crippen LogP contribution in [-0.4, -0.2) is 33.3 Å².